The molecule has 104 valence electrons. The van der Waals surface area contributed by atoms with Crippen LogP contribution in [0, 0.1) is 0 Å². The monoisotopic (exact) mass is 296 g/mol. The van der Waals surface area contributed by atoms with Gasteiger partial charge in [0.2, 0.25) is 0 Å². The van der Waals surface area contributed by atoms with Gasteiger partial charge in [-0.05, 0) is 29.7 Å². The molecule has 2 aliphatic heterocycles. The second-order valence-electron chi connectivity index (χ2n) is 4.98. The van der Waals surface area contributed by atoms with Crippen LogP contribution in [0.2, 0.25) is 0 Å². The zero-order valence-corrected chi connectivity index (χ0v) is 11.8. The lowest BCUT2D eigenvalue weighted by Gasteiger charge is -2.26. The molecular formula is C16H12N2O2S. The van der Waals surface area contributed by atoms with Crippen LogP contribution in [0.15, 0.2) is 48.2 Å². The van der Waals surface area contributed by atoms with Gasteiger partial charge in [0.05, 0.1) is 22.2 Å². The average Bonchev–Trinajstić information content (AvgIpc) is 2.53. The van der Waals surface area contributed by atoms with Crippen molar-refractivity contribution in [1.82, 2.24) is 0 Å². The molecule has 1 unspecified atom stereocenters. The highest BCUT2D eigenvalue weighted by atomic mass is 32.2. The highest BCUT2D eigenvalue weighted by Crippen LogP contribution is 2.34. The summed E-state index contributed by atoms with van der Waals surface area (Å²) >= 11 is 1.59. The number of nitrogens with one attached hydrogen (secondary N) is 2. The Bertz CT molecular complexity index is 865. The summed E-state index contributed by atoms with van der Waals surface area (Å²) in [5, 5.41) is 14.8. The van der Waals surface area contributed by atoms with Crippen LogP contribution < -0.4 is 20.5 Å². The normalized spacial score (nSPS) is 21.0. The molecule has 3 aliphatic rings. The Kier molecular flexibility index (Phi) is 2.68. The van der Waals surface area contributed by atoms with Crippen LogP contribution in [0.1, 0.15) is 0 Å². The third-order valence-electron chi connectivity index (χ3n) is 3.75. The predicted molar refractivity (Wildman–Crippen MR) is 86.2 cm³/mol. The van der Waals surface area contributed by atoms with Gasteiger partial charge >= 0.3 is 5.97 Å². The number of aliphatic carboxylic acids is 1. The molecule has 2 heterocycles. The van der Waals surface area contributed by atoms with Crippen LogP contribution in [0.4, 0.5) is 11.4 Å². The SMILES string of the molecule is O=C(O)C1=CC2=c3ccc4c(c3NSC2C=C1)NC=CC=4. The summed E-state index contributed by atoms with van der Waals surface area (Å²) in [5.74, 6) is -0.894. The van der Waals surface area contributed by atoms with E-state index in [-0.39, 0.29) is 5.25 Å². The van der Waals surface area contributed by atoms with E-state index in [0.29, 0.717) is 5.57 Å². The third kappa shape index (κ3) is 1.89. The first-order chi connectivity index (χ1) is 10.2. The largest absolute Gasteiger partial charge is 0.478 e. The highest BCUT2D eigenvalue weighted by Gasteiger charge is 2.24. The molecule has 1 aromatic carbocycles. The van der Waals surface area contributed by atoms with E-state index < -0.39 is 5.97 Å². The number of hydrogen-bond acceptors (Lipinski definition) is 4. The quantitative estimate of drug-likeness (QED) is 0.687. The van der Waals surface area contributed by atoms with Crippen molar-refractivity contribution in [2.75, 3.05) is 10.0 Å². The van der Waals surface area contributed by atoms with E-state index in [9.17, 15) is 9.90 Å². The minimum atomic E-state index is -0.894. The van der Waals surface area contributed by atoms with Gasteiger partial charge in [-0.3, -0.25) is 0 Å². The number of benzene rings is 1. The first-order valence-corrected chi connectivity index (χ1v) is 7.47. The third-order valence-corrected chi connectivity index (χ3v) is 4.74. The zero-order valence-electron chi connectivity index (χ0n) is 11.0. The van der Waals surface area contributed by atoms with Crippen molar-refractivity contribution < 1.29 is 9.90 Å². The van der Waals surface area contributed by atoms with E-state index in [1.165, 1.54) is 0 Å². The number of allylic oxidation sites excluding steroid dienone is 2. The van der Waals surface area contributed by atoms with Crippen molar-refractivity contribution in [1.29, 1.82) is 0 Å². The maximum Gasteiger partial charge on any atom is 0.335 e. The maximum absolute atomic E-state index is 11.2. The number of carboxylic acid groups (broad SMARTS) is 1. The molecule has 0 saturated carbocycles. The molecule has 1 atom stereocenters. The molecule has 4 nitrogen and oxygen atoms in total. The Morgan fingerprint density at radius 2 is 2.19 bits per heavy atom. The van der Waals surface area contributed by atoms with Crippen LogP contribution in [-0.4, -0.2) is 16.3 Å². The minimum absolute atomic E-state index is 0.141. The summed E-state index contributed by atoms with van der Waals surface area (Å²) in [7, 11) is 0. The topological polar surface area (TPSA) is 61.4 Å². The fourth-order valence-electron chi connectivity index (χ4n) is 2.72. The van der Waals surface area contributed by atoms with E-state index in [2.05, 4.69) is 28.2 Å². The number of carbonyl (C=O) groups is 1. The van der Waals surface area contributed by atoms with Crippen LogP contribution in [-0.2, 0) is 4.79 Å². The van der Waals surface area contributed by atoms with Gasteiger partial charge in [0.1, 0.15) is 0 Å². The molecule has 0 radical (unpaired) electrons. The number of hydrogen-bond donors (Lipinski definition) is 3. The summed E-state index contributed by atoms with van der Waals surface area (Å²) in [5.41, 5.74) is 3.41. The van der Waals surface area contributed by atoms with Gasteiger partial charge in [0.15, 0.2) is 0 Å². The lowest BCUT2D eigenvalue weighted by atomic mass is 9.97. The van der Waals surface area contributed by atoms with E-state index in [4.69, 9.17) is 0 Å². The molecule has 1 aliphatic carbocycles. The van der Waals surface area contributed by atoms with Gasteiger partial charge in [0, 0.05) is 16.6 Å². The van der Waals surface area contributed by atoms with Crippen molar-refractivity contribution in [2.24, 2.45) is 0 Å². The smallest absolute Gasteiger partial charge is 0.335 e. The summed E-state index contributed by atoms with van der Waals surface area (Å²) < 4.78 is 3.39. The molecule has 0 spiro atoms. The molecule has 5 heteroatoms. The minimum Gasteiger partial charge on any atom is -0.478 e. The lowest BCUT2D eigenvalue weighted by molar-refractivity contribution is -0.132. The zero-order chi connectivity index (χ0) is 14.4. The van der Waals surface area contributed by atoms with Crippen LogP contribution in [0.25, 0.3) is 11.6 Å². The molecule has 3 N–H and O–H groups in total. The molecule has 21 heavy (non-hydrogen) atoms. The second kappa shape index (κ2) is 4.56. The summed E-state index contributed by atoms with van der Waals surface area (Å²) in [6.45, 7) is 0. The maximum atomic E-state index is 11.2. The standard InChI is InChI=1S/C16H12N2O2S/c19-16(20)10-4-6-13-12(8-10)11-5-3-9-2-1-7-17-14(9)15(11)18-21-13/h1-8,13,17-18H,(H,19,20). The predicted octanol–water partition coefficient (Wildman–Crippen LogP) is 1.58. The molecule has 0 bridgehead atoms. The van der Waals surface area contributed by atoms with Crippen LogP contribution >= 0.6 is 11.9 Å². The van der Waals surface area contributed by atoms with Crippen molar-refractivity contribution >= 4 is 40.9 Å². The molecular weight excluding hydrogens is 284 g/mol. The van der Waals surface area contributed by atoms with Gasteiger partial charge in [-0.25, -0.2) is 4.79 Å². The van der Waals surface area contributed by atoms with Gasteiger partial charge in [0.25, 0.3) is 0 Å². The fraction of sp³-hybridized carbons (Fsp3) is 0.0625. The molecule has 0 saturated heterocycles. The Morgan fingerprint density at radius 1 is 1.29 bits per heavy atom. The van der Waals surface area contributed by atoms with Crippen molar-refractivity contribution in [3.8, 4) is 0 Å². The average molecular weight is 296 g/mol. The molecule has 0 fully saturated rings. The van der Waals surface area contributed by atoms with Gasteiger partial charge < -0.3 is 15.1 Å². The Labute approximate surface area is 125 Å². The van der Waals surface area contributed by atoms with E-state index in [1.54, 1.807) is 24.1 Å². The molecule has 0 aromatic heterocycles. The Morgan fingerprint density at radius 3 is 3.05 bits per heavy atom. The first kappa shape index (κ1) is 12.3. The summed E-state index contributed by atoms with van der Waals surface area (Å²) in [6, 6.07) is 4.11. The molecule has 4 rings (SSSR count). The summed E-state index contributed by atoms with van der Waals surface area (Å²) in [4.78, 5) is 11.2. The van der Waals surface area contributed by atoms with Crippen LogP contribution in [0.5, 0.6) is 0 Å². The number of carboxylic acids is 1. The van der Waals surface area contributed by atoms with E-state index in [0.717, 1.165) is 27.4 Å². The van der Waals surface area contributed by atoms with Crippen molar-refractivity contribution in [2.45, 2.75) is 5.25 Å². The second-order valence-corrected chi connectivity index (χ2v) is 5.93. The van der Waals surface area contributed by atoms with Gasteiger partial charge in [-0.1, -0.05) is 30.4 Å². The number of anilines is 2. The first-order valence-electron chi connectivity index (χ1n) is 6.59. The van der Waals surface area contributed by atoms with Crippen molar-refractivity contribution in [3.05, 3.63) is 58.6 Å². The summed E-state index contributed by atoms with van der Waals surface area (Å²) in [6.07, 6.45) is 11.3. The van der Waals surface area contributed by atoms with Gasteiger partial charge in [-0.15, -0.1) is 0 Å². The molecule has 0 amide bonds. The lowest BCUT2D eigenvalue weighted by Crippen LogP contribution is -2.29. The van der Waals surface area contributed by atoms with Crippen LogP contribution in [0.3, 0.4) is 0 Å². The number of rotatable bonds is 1. The van der Waals surface area contributed by atoms with Crippen molar-refractivity contribution in [3.63, 3.8) is 0 Å². The fourth-order valence-corrected chi connectivity index (χ4v) is 3.66. The van der Waals surface area contributed by atoms with Gasteiger partial charge in [-0.2, -0.15) is 0 Å². The van der Waals surface area contributed by atoms with E-state index >= 15 is 0 Å². The van der Waals surface area contributed by atoms with E-state index in [1.807, 2.05) is 18.4 Å². The Hall–Kier alpha value is -2.40. The molecule has 1 aromatic rings. The number of fused-ring (bicyclic) bond motifs is 4. The highest BCUT2D eigenvalue weighted by molar-refractivity contribution is 8.01. The Balaban J connectivity index is 2.01.